The van der Waals surface area contributed by atoms with Crippen LogP contribution in [0.2, 0.25) is 15.1 Å². The molecular formula is C13H13Cl3N2O4. The van der Waals surface area contributed by atoms with Crippen molar-refractivity contribution in [3.8, 4) is 0 Å². The van der Waals surface area contributed by atoms with E-state index in [0.717, 1.165) is 24.2 Å². The highest BCUT2D eigenvalue weighted by Crippen LogP contribution is 2.46. The molecule has 1 N–H and O–H groups in total. The molecule has 9 heteroatoms. The molecule has 0 aliphatic heterocycles. The summed E-state index contributed by atoms with van der Waals surface area (Å²) < 4.78 is 0. The third kappa shape index (κ3) is 3.24. The molecule has 2 rings (SSSR count). The first-order valence-corrected chi connectivity index (χ1v) is 7.82. The zero-order chi connectivity index (χ0) is 16.4. The molecule has 1 saturated carbocycles. The van der Waals surface area contributed by atoms with Gasteiger partial charge in [0.2, 0.25) is 0 Å². The third-order valence-corrected chi connectivity index (χ3v) is 4.76. The van der Waals surface area contributed by atoms with E-state index >= 15 is 0 Å². The Labute approximate surface area is 141 Å². The molecule has 120 valence electrons. The van der Waals surface area contributed by atoms with E-state index in [1.54, 1.807) is 0 Å². The quantitative estimate of drug-likeness (QED) is 0.442. The lowest BCUT2D eigenvalue weighted by Gasteiger charge is -2.32. The number of nitrogens with zero attached hydrogens (tertiary/aromatic N) is 2. The van der Waals surface area contributed by atoms with Gasteiger partial charge in [0, 0.05) is 6.04 Å². The molecule has 0 unspecified atom stereocenters. The summed E-state index contributed by atoms with van der Waals surface area (Å²) in [5.74, 6) is 0. The van der Waals surface area contributed by atoms with Gasteiger partial charge in [-0.3, -0.25) is 15.0 Å². The minimum absolute atomic E-state index is 0.0869. The van der Waals surface area contributed by atoms with Crippen molar-refractivity contribution in [2.75, 3.05) is 4.90 Å². The molecule has 1 aromatic carbocycles. The summed E-state index contributed by atoms with van der Waals surface area (Å²) in [5.41, 5.74) is -0.785. The molecule has 1 aromatic rings. The molecule has 0 bridgehead atoms. The Bertz CT molecular complexity index is 618. The number of nitro benzene ring substituents is 1. The molecule has 1 fully saturated rings. The van der Waals surface area contributed by atoms with E-state index in [4.69, 9.17) is 34.8 Å². The van der Waals surface area contributed by atoms with Gasteiger partial charge in [-0.25, -0.2) is 4.79 Å². The van der Waals surface area contributed by atoms with Crippen molar-refractivity contribution in [3.05, 3.63) is 31.2 Å². The van der Waals surface area contributed by atoms with Gasteiger partial charge in [0.25, 0.3) is 0 Å². The summed E-state index contributed by atoms with van der Waals surface area (Å²) in [5, 5.41) is 20.4. The zero-order valence-electron chi connectivity index (χ0n) is 11.4. The van der Waals surface area contributed by atoms with E-state index in [1.807, 2.05) is 0 Å². The molecule has 0 radical (unpaired) electrons. The number of hydrogen-bond donors (Lipinski definition) is 1. The van der Waals surface area contributed by atoms with Crippen LogP contribution in [-0.2, 0) is 0 Å². The fourth-order valence-electron chi connectivity index (χ4n) is 2.74. The van der Waals surface area contributed by atoms with Crippen molar-refractivity contribution < 1.29 is 14.8 Å². The second-order valence-corrected chi connectivity index (χ2v) is 6.25. The van der Waals surface area contributed by atoms with Crippen LogP contribution in [-0.4, -0.2) is 22.2 Å². The summed E-state index contributed by atoms with van der Waals surface area (Å²) in [6.07, 6.45) is 2.69. The number of anilines is 1. The van der Waals surface area contributed by atoms with Crippen LogP contribution in [0, 0.1) is 10.1 Å². The molecule has 0 atom stereocenters. The van der Waals surface area contributed by atoms with Crippen molar-refractivity contribution in [3.63, 3.8) is 0 Å². The lowest BCUT2D eigenvalue weighted by molar-refractivity contribution is -0.384. The van der Waals surface area contributed by atoms with E-state index in [9.17, 15) is 20.0 Å². The molecule has 22 heavy (non-hydrogen) atoms. The lowest BCUT2D eigenvalue weighted by atomic mass is 9.94. The Morgan fingerprint density at radius 3 is 2.32 bits per heavy atom. The number of hydrogen-bond acceptors (Lipinski definition) is 3. The Morgan fingerprint density at radius 2 is 1.82 bits per heavy atom. The van der Waals surface area contributed by atoms with Crippen molar-refractivity contribution in [2.45, 2.75) is 38.1 Å². The molecule has 0 saturated heterocycles. The van der Waals surface area contributed by atoms with Crippen molar-refractivity contribution >= 4 is 52.3 Å². The molecular weight excluding hydrogens is 355 g/mol. The number of nitro groups is 1. The fraction of sp³-hybridized carbons (Fsp3) is 0.462. The Balaban J connectivity index is 2.63. The second kappa shape index (κ2) is 6.89. The summed E-state index contributed by atoms with van der Waals surface area (Å²) in [7, 11) is 0. The zero-order valence-corrected chi connectivity index (χ0v) is 13.7. The Hall–Kier alpha value is -1.24. The van der Waals surface area contributed by atoms with Crippen LogP contribution in [0.5, 0.6) is 0 Å². The van der Waals surface area contributed by atoms with Crippen LogP contribution >= 0.6 is 34.8 Å². The predicted molar refractivity (Wildman–Crippen MR) is 85.5 cm³/mol. The Morgan fingerprint density at radius 1 is 1.23 bits per heavy atom. The van der Waals surface area contributed by atoms with Crippen LogP contribution < -0.4 is 4.90 Å². The van der Waals surface area contributed by atoms with Crippen LogP contribution in [0.25, 0.3) is 0 Å². The maximum atomic E-state index is 11.7. The smallest absolute Gasteiger partial charge is 0.412 e. The van der Waals surface area contributed by atoms with Gasteiger partial charge in [-0.15, -0.1) is 0 Å². The standard InChI is InChI=1S/C13H13Cl3N2O4/c14-8-6-9(15)11(12(10(8)16)18(21)22)17(13(19)20)7-4-2-1-3-5-7/h6-7H,1-5H2,(H,19,20). The van der Waals surface area contributed by atoms with E-state index in [-0.39, 0.29) is 26.8 Å². The molecule has 0 spiro atoms. The minimum Gasteiger partial charge on any atom is -0.465 e. The van der Waals surface area contributed by atoms with Gasteiger partial charge in [0.05, 0.1) is 15.0 Å². The van der Waals surface area contributed by atoms with E-state index in [2.05, 4.69) is 0 Å². The molecule has 1 aliphatic carbocycles. The Kier molecular flexibility index (Phi) is 5.36. The summed E-state index contributed by atoms with van der Waals surface area (Å²) in [6, 6.07) is 0.867. The maximum Gasteiger partial charge on any atom is 0.412 e. The van der Waals surface area contributed by atoms with Gasteiger partial charge >= 0.3 is 11.8 Å². The van der Waals surface area contributed by atoms with Crippen LogP contribution in [0.4, 0.5) is 16.2 Å². The lowest BCUT2D eigenvalue weighted by Crippen LogP contribution is -2.41. The first-order valence-electron chi connectivity index (χ1n) is 6.68. The van der Waals surface area contributed by atoms with Gasteiger partial charge in [-0.1, -0.05) is 54.1 Å². The van der Waals surface area contributed by atoms with Gasteiger partial charge in [-0.05, 0) is 18.9 Å². The molecule has 0 heterocycles. The second-order valence-electron chi connectivity index (χ2n) is 5.05. The highest BCUT2D eigenvalue weighted by Gasteiger charge is 2.36. The number of halogens is 3. The van der Waals surface area contributed by atoms with E-state index in [1.165, 1.54) is 6.07 Å². The highest BCUT2D eigenvalue weighted by molar-refractivity contribution is 6.46. The van der Waals surface area contributed by atoms with Crippen molar-refractivity contribution in [1.29, 1.82) is 0 Å². The highest BCUT2D eigenvalue weighted by atomic mass is 35.5. The number of amides is 1. The molecule has 1 amide bonds. The first kappa shape index (κ1) is 17.1. The SMILES string of the molecule is O=C(O)N(c1c(Cl)cc(Cl)c(Cl)c1[N+](=O)[O-])C1CCCCC1. The van der Waals surface area contributed by atoms with Crippen LogP contribution in [0.3, 0.4) is 0 Å². The fourth-order valence-corrected chi connectivity index (χ4v) is 3.50. The number of carboxylic acid groups (broad SMARTS) is 1. The first-order chi connectivity index (χ1) is 10.3. The predicted octanol–water partition coefficient (Wildman–Crippen LogP) is 5.37. The van der Waals surface area contributed by atoms with Gasteiger partial charge in [0.1, 0.15) is 10.7 Å². The number of carbonyl (C=O) groups is 1. The molecule has 0 aromatic heterocycles. The summed E-state index contributed by atoms with van der Waals surface area (Å²) in [6.45, 7) is 0. The average molecular weight is 368 g/mol. The minimum atomic E-state index is -1.30. The largest absolute Gasteiger partial charge is 0.465 e. The van der Waals surface area contributed by atoms with E-state index in [0.29, 0.717) is 12.8 Å². The summed E-state index contributed by atoms with van der Waals surface area (Å²) in [4.78, 5) is 23.2. The topological polar surface area (TPSA) is 83.7 Å². The molecule has 1 aliphatic rings. The van der Waals surface area contributed by atoms with Crippen LogP contribution in [0.1, 0.15) is 32.1 Å². The van der Waals surface area contributed by atoms with Crippen molar-refractivity contribution in [2.24, 2.45) is 0 Å². The number of benzene rings is 1. The van der Waals surface area contributed by atoms with Crippen LogP contribution in [0.15, 0.2) is 6.07 Å². The van der Waals surface area contributed by atoms with E-state index < -0.39 is 16.7 Å². The monoisotopic (exact) mass is 366 g/mol. The normalized spacial score (nSPS) is 15.6. The maximum absolute atomic E-state index is 11.7. The van der Waals surface area contributed by atoms with Gasteiger partial charge in [0.15, 0.2) is 0 Å². The average Bonchev–Trinajstić information content (AvgIpc) is 2.45. The summed E-state index contributed by atoms with van der Waals surface area (Å²) >= 11 is 17.8. The van der Waals surface area contributed by atoms with Crippen molar-refractivity contribution in [1.82, 2.24) is 0 Å². The molecule has 6 nitrogen and oxygen atoms in total. The van der Waals surface area contributed by atoms with Gasteiger partial charge < -0.3 is 5.11 Å². The third-order valence-electron chi connectivity index (χ3n) is 3.69. The number of rotatable bonds is 3. The van der Waals surface area contributed by atoms with Gasteiger partial charge in [-0.2, -0.15) is 0 Å².